The first-order valence-electron chi connectivity index (χ1n) is 6.65. The Kier molecular flexibility index (Phi) is 4.24. The van der Waals surface area contributed by atoms with Crippen molar-refractivity contribution in [1.29, 1.82) is 0 Å². The Morgan fingerprint density at radius 3 is 2.63 bits per heavy atom. The molecule has 0 radical (unpaired) electrons. The molecule has 2 heterocycles. The fraction of sp³-hybridized carbons (Fsp3) is 0.571. The molecule has 2 rings (SSSR count). The number of nitrogens with one attached hydrogen (secondary N) is 1. The third-order valence-electron chi connectivity index (χ3n) is 3.36. The molecule has 0 fully saturated rings. The SMILES string of the molecule is Cc1cc(CNc2nnc(CC(C)C)s2)c(C)n1C. The minimum atomic E-state index is 0.625. The van der Waals surface area contributed by atoms with Crippen LogP contribution in [0.2, 0.25) is 0 Å². The summed E-state index contributed by atoms with van der Waals surface area (Å²) in [4.78, 5) is 0. The molecule has 2 aromatic rings. The summed E-state index contributed by atoms with van der Waals surface area (Å²) in [6, 6.07) is 2.22. The average Bonchev–Trinajstić information content (AvgIpc) is 2.87. The number of anilines is 1. The van der Waals surface area contributed by atoms with Crippen molar-refractivity contribution >= 4 is 16.5 Å². The van der Waals surface area contributed by atoms with E-state index in [0.717, 1.165) is 23.1 Å². The van der Waals surface area contributed by atoms with E-state index in [9.17, 15) is 0 Å². The summed E-state index contributed by atoms with van der Waals surface area (Å²) in [5, 5.41) is 13.8. The predicted octanol–water partition coefficient (Wildman–Crippen LogP) is 3.30. The van der Waals surface area contributed by atoms with Crippen molar-refractivity contribution in [3.8, 4) is 0 Å². The van der Waals surface area contributed by atoms with Gasteiger partial charge in [-0.1, -0.05) is 25.2 Å². The van der Waals surface area contributed by atoms with Crippen LogP contribution in [-0.2, 0) is 20.0 Å². The third-order valence-corrected chi connectivity index (χ3v) is 4.26. The van der Waals surface area contributed by atoms with E-state index in [1.54, 1.807) is 11.3 Å². The Labute approximate surface area is 118 Å². The largest absolute Gasteiger partial charge is 0.356 e. The van der Waals surface area contributed by atoms with Crippen molar-refractivity contribution in [2.45, 2.75) is 40.7 Å². The number of hydrogen-bond acceptors (Lipinski definition) is 4. The maximum absolute atomic E-state index is 4.21. The van der Waals surface area contributed by atoms with Crippen LogP contribution in [-0.4, -0.2) is 14.8 Å². The fourth-order valence-corrected chi connectivity index (χ4v) is 2.99. The minimum absolute atomic E-state index is 0.625. The van der Waals surface area contributed by atoms with Crippen LogP contribution in [0.15, 0.2) is 6.07 Å². The number of nitrogens with zero attached hydrogens (tertiary/aromatic N) is 3. The van der Waals surface area contributed by atoms with Crippen molar-refractivity contribution in [2.75, 3.05) is 5.32 Å². The highest BCUT2D eigenvalue weighted by molar-refractivity contribution is 7.15. The van der Waals surface area contributed by atoms with Gasteiger partial charge < -0.3 is 9.88 Å². The van der Waals surface area contributed by atoms with Crippen molar-refractivity contribution < 1.29 is 0 Å². The predicted molar refractivity (Wildman–Crippen MR) is 80.7 cm³/mol. The first-order chi connectivity index (χ1) is 8.97. The van der Waals surface area contributed by atoms with Gasteiger partial charge in [-0.25, -0.2) is 0 Å². The van der Waals surface area contributed by atoms with Crippen molar-refractivity contribution in [3.63, 3.8) is 0 Å². The molecule has 0 aromatic carbocycles. The number of hydrogen-bond donors (Lipinski definition) is 1. The zero-order valence-corrected chi connectivity index (χ0v) is 13.1. The second-order valence-corrected chi connectivity index (χ2v) is 6.47. The van der Waals surface area contributed by atoms with E-state index in [-0.39, 0.29) is 0 Å². The number of aromatic nitrogens is 3. The van der Waals surface area contributed by atoms with E-state index in [0.29, 0.717) is 5.92 Å². The molecule has 2 aromatic heterocycles. The summed E-state index contributed by atoms with van der Waals surface area (Å²) in [6.45, 7) is 9.48. The van der Waals surface area contributed by atoms with Crippen LogP contribution in [0.3, 0.4) is 0 Å². The second kappa shape index (κ2) is 5.74. The normalized spacial score (nSPS) is 11.3. The molecule has 0 amide bonds. The van der Waals surface area contributed by atoms with Crippen LogP contribution >= 0.6 is 11.3 Å². The van der Waals surface area contributed by atoms with E-state index >= 15 is 0 Å². The van der Waals surface area contributed by atoms with Gasteiger partial charge in [0.05, 0.1) is 0 Å². The van der Waals surface area contributed by atoms with E-state index in [1.807, 2.05) is 0 Å². The van der Waals surface area contributed by atoms with Gasteiger partial charge >= 0.3 is 0 Å². The quantitative estimate of drug-likeness (QED) is 0.912. The van der Waals surface area contributed by atoms with Gasteiger partial charge in [0.2, 0.25) is 5.13 Å². The summed E-state index contributed by atoms with van der Waals surface area (Å²) >= 11 is 1.66. The van der Waals surface area contributed by atoms with E-state index in [4.69, 9.17) is 0 Å². The molecule has 19 heavy (non-hydrogen) atoms. The topological polar surface area (TPSA) is 42.7 Å². The summed E-state index contributed by atoms with van der Waals surface area (Å²) in [5.74, 6) is 0.625. The zero-order valence-electron chi connectivity index (χ0n) is 12.3. The van der Waals surface area contributed by atoms with Crippen molar-refractivity contribution in [1.82, 2.24) is 14.8 Å². The molecule has 0 aliphatic carbocycles. The number of rotatable bonds is 5. The maximum Gasteiger partial charge on any atom is 0.205 e. The first kappa shape index (κ1) is 14.1. The van der Waals surface area contributed by atoms with Crippen LogP contribution in [0.1, 0.15) is 35.8 Å². The molecule has 4 nitrogen and oxygen atoms in total. The van der Waals surface area contributed by atoms with Gasteiger partial charge in [0.1, 0.15) is 5.01 Å². The number of aryl methyl sites for hydroxylation is 1. The highest BCUT2D eigenvalue weighted by Gasteiger charge is 2.08. The minimum Gasteiger partial charge on any atom is -0.356 e. The molecule has 0 saturated carbocycles. The molecule has 104 valence electrons. The molecular weight excluding hydrogens is 256 g/mol. The van der Waals surface area contributed by atoms with Gasteiger partial charge in [0.15, 0.2) is 0 Å². The van der Waals surface area contributed by atoms with Crippen LogP contribution in [0.5, 0.6) is 0 Å². The molecule has 0 unspecified atom stereocenters. The average molecular weight is 278 g/mol. The molecule has 0 spiro atoms. The summed E-state index contributed by atoms with van der Waals surface area (Å²) in [6.07, 6.45) is 1.00. The van der Waals surface area contributed by atoms with E-state index in [2.05, 4.69) is 60.9 Å². The van der Waals surface area contributed by atoms with Crippen molar-refractivity contribution in [2.24, 2.45) is 13.0 Å². The van der Waals surface area contributed by atoms with Gasteiger partial charge in [-0.3, -0.25) is 0 Å². The lowest BCUT2D eigenvalue weighted by Crippen LogP contribution is -2.01. The summed E-state index contributed by atoms with van der Waals surface area (Å²) in [5.41, 5.74) is 3.91. The van der Waals surface area contributed by atoms with Crippen LogP contribution in [0.4, 0.5) is 5.13 Å². The summed E-state index contributed by atoms with van der Waals surface area (Å²) < 4.78 is 2.21. The molecule has 1 N–H and O–H groups in total. The first-order valence-corrected chi connectivity index (χ1v) is 7.47. The van der Waals surface area contributed by atoms with Gasteiger partial charge in [0.25, 0.3) is 0 Å². The molecule has 5 heteroatoms. The molecule has 0 bridgehead atoms. The lowest BCUT2D eigenvalue weighted by molar-refractivity contribution is 0.640. The van der Waals surface area contributed by atoms with E-state index in [1.165, 1.54) is 17.0 Å². The molecule has 0 saturated heterocycles. The Morgan fingerprint density at radius 2 is 2.05 bits per heavy atom. The standard InChI is InChI=1S/C14H22N4S/c1-9(2)6-13-16-17-14(19-13)15-8-12-7-10(3)18(5)11(12)4/h7,9H,6,8H2,1-5H3,(H,15,17). The lowest BCUT2D eigenvalue weighted by atomic mass is 10.1. The van der Waals surface area contributed by atoms with Gasteiger partial charge in [0, 0.05) is 31.4 Å². The lowest BCUT2D eigenvalue weighted by Gasteiger charge is -2.03. The van der Waals surface area contributed by atoms with Crippen LogP contribution < -0.4 is 5.32 Å². The van der Waals surface area contributed by atoms with Crippen LogP contribution in [0, 0.1) is 19.8 Å². The van der Waals surface area contributed by atoms with Gasteiger partial charge in [-0.15, -0.1) is 10.2 Å². The molecule has 0 aliphatic rings. The molecular formula is C14H22N4S. The smallest absolute Gasteiger partial charge is 0.205 e. The fourth-order valence-electron chi connectivity index (χ4n) is 2.04. The van der Waals surface area contributed by atoms with Crippen LogP contribution in [0.25, 0.3) is 0 Å². The Bertz CT molecular complexity index is 554. The van der Waals surface area contributed by atoms with Gasteiger partial charge in [-0.05, 0) is 31.4 Å². The van der Waals surface area contributed by atoms with Gasteiger partial charge in [-0.2, -0.15) is 0 Å². The maximum atomic E-state index is 4.21. The third kappa shape index (κ3) is 3.35. The Morgan fingerprint density at radius 1 is 1.32 bits per heavy atom. The van der Waals surface area contributed by atoms with E-state index < -0.39 is 0 Å². The Hall–Kier alpha value is -1.36. The second-order valence-electron chi connectivity index (χ2n) is 5.41. The zero-order chi connectivity index (χ0) is 14.0. The highest BCUT2D eigenvalue weighted by Crippen LogP contribution is 2.20. The summed E-state index contributed by atoms with van der Waals surface area (Å²) in [7, 11) is 2.10. The molecule has 0 atom stereocenters. The molecule has 0 aliphatic heterocycles. The monoisotopic (exact) mass is 278 g/mol. The van der Waals surface area contributed by atoms with Crippen molar-refractivity contribution in [3.05, 3.63) is 28.0 Å². The highest BCUT2D eigenvalue weighted by atomic mass is 32.1. The Balaban J connectivity index is 1.98.